The van der Waals surface area contributed by atoms with Gasteiger partial charge in [0.1, 0.15) is 5.82 Å². The molecule has 0 amide bonds. The highest BCUT2D eigenvalue weighted by Crippen LogP contribution is 2.25. The van der Waals surface area contributed by atoms with Crippen LogP contribution in [0.5, 0.6) is 0 Å². The van der Waals surface area contributed by atoms with Crippen LogP contribution in [0.15, 0.2) is 24.3 Å². The molecule has 2 rings (SSSR count). The molecule has 0 spiro atoms. The maximum atomic E-state index is 13.8. The number of piperidine rings is 1. The molecule has 1 saturated heterocycles. The van der Waals surface area contributed by atoms with Gasteiger partial charge in [0.25, 0.3) is 0 Å². The first-order valence-electron chi connectivity index (χ1n) is 6.94. The van der Waals surface area contributed by atoms with Gasteiger partial charge in [0, 0.05) is 30.7 Å². The number of hydrogen-bond donors (Lipinski definition) is 1. The van der Waals surface area contributed by atoms with Crippen molar-refractivity contribution in [1.29, 1.82) is 0 Å². The molecule has 100 valence electrons. The standard InChI is InChI=1S/C15H23FN2/c1-3-17-13-8-10-18(11-9-13)12(2)14-6-4-5-7-15(14)16/h4-7,12-13,17H,3,8-11H2,1-2H3. The Hall–Kier alpha value is -0.930. The molecule has 2 nitrogen and oxygen atoms in total. The zero-order valence-corrected chi connectivity index (χ0v) is 11.3. The van der Waals surface area contributed by atoms with Gasteiger partial charge in [-0.25, -0.2) is 4.39 Å². The average Bonchev–Trinajstić information content (AvgIpc) is 2.40. The molecule has 1 aliphatic rings. The highest BCUT2D eigenvalue weighted by atomic mass is 19.1. The van der Waals surface area contributed by atoms with Crippen LogP contribution < -0.4 is 5.32 Å². The Balaban J connectivity index is 1.95. The van der Waals surface area contributed by atoms with Gasteiger partial charge in [0.15, 0.2) is 0 Å². The van der Waals surface area contributed by atoms with Crippen LogP contribution in [-0.4, -0.2) is 30.6 Å². The van der Waals surface area contributed by atoms with Crippen molar-refractivity contribution in [2.45, 2.75) is 38.8 Å². The SMILES string of the molecule is CCNC1CCN(C(C)c2ccccc2F)CC1. The van der Waals surface area contributed by atoms with E-state index in [1.54, 1.807) is 12.1 Å². The van der Waals surface area contributed by atoms with Crippen LogP contribution in [0.1, 0.15) is 38.3 Å². The molecule has 1 fully saturated rings. The van der Waals surface area contributed by atoms with Crippen LogP contribution in [-0.2, 0) is 0 Å². The van der Waals surface area contributed by atoms with Crippen LogP contribution in [0.3, 0.4) is 0 Å². The molecule has 0 saturated carbocycles. The first kappa shape index (κ1) is 13.5. The number of rotatable bonds is 4. The van der Waals surface area contributed by atoms with Crippen LogP contribution in [0.4, 0.5) is 4.39 Å². The Bertz CT molecular complexity index is 373. The lowest BCUT2D eigenvalue weighted by atomic mass is 10.00. The van der Waals surface area contributed by atoms with Crippen molar-refractivity contribution in [2.24, 2.45) is 0 Å². The molecule has 0 aromatic heterocycles. The third kappa shape index (κ3) is 3.09. The molecule has 3 heteroatoms. The van der Waals surface area contributed by atoms with Gasteiger partial charge in [0.2, 0.25) is 0 Å². The fourth-order valence-corrected chi connectivity index (χ4v) is 2.79. The van der Waals surface area contributed by atoms with Crippen molar-refractivity contribution < 1.29 is 4.39 Å². The smallest absolute Gasteiger partial charge is 0.127 e. The number of likely N-dealkylation sites (tertiary alicyclic amines) is 1. The topological polar surface area (TPSA) is 15.3 Å². The molecule has 0 radical (unpaired) electrons. The molecule has 1 atom stereocenters. The Labute approximate surface area is 109 Å². The maximum Gasteiger partial charge on any atom is 0.127 e. The number of benzene rings is 1. The molecule has 0 bridgehead atoms. The summed E-state index contributed by atoms with van der Waals surface area (Å²) in [6, 6.07) is 7.93. The summed E-state index contributed by atoms with van der Waals surface area (Å²) < 4.78 is 13.8. The average molecular weight is 250 g/mol. The van der Waals surface area contributed by atoms with Gasteiger partial charge in [0.05, 0.1) is 0 Å². The van der Waals surface area contributed by atoms with E-state index in [9.17, 15) is 4.39 Å². The second-order valence-electron chi connectivity index (χ2n) is 5.07. The molecule has 1 N–H and O–H groups in total. The van der Waals surface area contributed by atoms with Crippen molar-refractivity contribution in [3.63, 3.8) is 0 Å². The molecule has 1 aliphatic heterocycles. The lowest BCUT2D eigenvalue weighted by Gasteiger charge is -2.36. The van der Waals surface area contributed by atoms with Crippen LogP contribution >= 0.6 is 0 Å². The van der Waals surface area contributed by atoms with E-state index in [4.69, 9.17) is 0 Å². The number of nitrogens with zero attached hydrogens (tertiary/aromatic N) is 1. The van der Waals surface area contributed by atoms with Gasteiger partial charge in [-0.3, -0.25) is 4.90 Å². The van der Waals surface area contributed by atoms with Gasteiger partial charge < -0.3 is 5.32 Å². The summed E-state index contributed by atoms with van der Waals surface area (Å²) in [5, 5.41) is 3.49. The molecule has 1 aromatic carbocycles. The van der Waals surface area contributed by atoms with Gasteiger partial charge in [-0.2, -0.15) is 0 Å². The number of halogens is 1. The third-order valence-corrected chi connectivity index (χ3v) is 3.93. The quantitative estimate of drug-likeness (QED) is 0.884. The third-order valence-electron chi connectivity index (χ3n) is 3.93. The Morgan fingerprint density at radius 1 is 1.33 bits per heavy atom. The maximum absolute atomic E-state index is 13.8. The molecule has 1 aromatic rings. The predicted molar refractivity (Wildman–Crippen MR) is 73.1 cm³/mol. The van der Waals surface area contributed by atoms with Crippen molar-refractivity contribution in [3.8, 4) is 0 Å². The fraction of sp³-hybridized carbons (Fsp3) is 0.600. The summed E-state index contributed by atoms with van der Waals surface area (Å²) in [7, 11) is 0. The van der Waals surface area contributed by atoms with Crippen molar-refractivity contribution >= 4 is 0 Å². The van der Waals surface area contributed by atoms with Crippen LogP contribution in [0.2, 0.25) is 0 Å². The van der Waals surface area contributed by atoms with E-state index >= 15 is 0 Å². The molecule has 0 aliphatic carbocycles. The summed E-state index contributed by atoms with van der Waals surface area (Å²) in [6.45, 7) is 7.38. The fourth-order valence-electron chi connectivity index (χ4n) is 2.79. The normalized spacial score (nSPS) is 19.9. The van der Waals surface area contributed by atoms with Gasteiger partial charge in [-0.05, 0) is 32.4 Å². The Kier molecular flexibility index (Phi) is 4.72. The van der Waals surface area contributed by atoms with E-state index in [2.05, 4.69) is 24.1 Å². The molecular weight excluding hydrogens is 227 g/mol. The first-order chi connectivity index (χ1) is 8.72. The zero-order valence-electron chi connectivity index (χ0n) is 11.3. The molecule has 1 heterocycles. The summed E-state index contributed by atoms with van der Waals surface area (Å²) in [5.74, 6) is -0.0844. The summed E-state index contributed by atoms with van der Waals surface area (Å²) >= 11 is 0. The number of hydrogen-bond acceptors (Lipinski definition) is 2. The summed E-state index contributed by atoms with van der Waals surface area (Å²) in [6.07, 6.45) is 2.32. The van der Waals surface area contributed by atoms with E-state index in [0.29, 0.717) is 6.04 Å². The zero-order chi connectivity index (χ0) is 13.0. The van der Waals surface area contributed by atoms with Crippen molar-refractivity contribution in [3.05, 3.63) is 35.6 Å². The van der Waals surface area contributed by atoms with E-state index in [0.717, 1.165) is 38.0 Å². The van der Waals surface area contributed by atoms with Gasteiger partial charge in [-0.1, -0.05) is 25.1 Å². The lowest BCUT2D eigenvalue weighted by Crippen LogP contribution is -2.43. The Morgan fingerprint density at radius 2 is 2.00 bits per heavy atom. The van der Waals surface area contributed by atoms with E-state index in [1.807, 2.05) is 12.1 Å². The van der Waals surface area contributed by atoms with E-state index in [-0.39, 0.29) is 11.9 Å². The minimum Gasteiger partial charge on any atom is -0.314 e. The van der Waals surface area contributed by atoms with E-state index in [1.165, 1.54) is 0 Å². The van der Waals surface area contributed by atoms with Crippen LogP contribution in [0.25, 0.3) is 0 Å². The van der Waals surface area contributed by atoms with Crippen LogP contribution in [0, 0.1) is 5.82 Å². The van der Waals surface area contributed by atoms with Crippen molar-refractivity contribution in [2.75, 3.05) is 19.6 Å². The second kappa shape index (κ2) is 6.30. The summed E-state index contributed by atoms with van der Waals surface area (Å²) in [4.78, 5) is 2.38. The second-order valence-corrected chi connectivity index (χ2v) is 5.07. The van der Waals surface area contributed by atoms with Crippen molar-refractivity contribution in [1.82, 2.24) is 10.2 Å². The largest absolute Gasteiger partial charge is 0.314 e. The minimum atomic E-state index is -0.0844. The predicted octanol–water partition coefficient (Wildman–Crippen LogP) is 2.96. The monoisotopic (exact) mass is 250 g/mol. The number of nitrogens with one attached hydrogen (secondary N) is 1. The Morgan fingerprint density at radius 3 is 2.61 bits per heavy atom. The van der Waals surface area contributed by atoms with Gasteiger partial charge >= 0.3 is 0 Å². The molecular formula is C15H23FN2. The molecule has 18 heavy (non-hydrogen) atoms. The first-order valence-corrected chi connectivity index (χ1v) is 6.94. The molecule has 1 unspecified atom stereocenters. The van der Waals surface area contributed by atoms with E-state index < -0.39 is 0 Å². The lowest BCUT2D eigenvalue weighted by molar-refractivity contribution is 0.151. The minimum absolute atomic E-state index is 0.0844. The summed E-state index contributed by atoms with van der Waals surface area (Å²) in [5.41, 5.74) is 0.819. The van der Waals surface area contributed by atoms with Gasteiger partial charge in [-0.15, -0.1) is 0 Å². The highest BCUT2D eigenvalue weighted by molar-refractivity contribution is 5.20. The highest BCUT2D eigenvalue weighted by Gasteiger charge is 2.24.